The molecule has 122 valence electrons. The zero-order valence-electron chi connectivity index (χ0n) is 13.6. The Morgan fingerprint density at radius 2 is 2.22 bits per heavy atom. The van der Waals surface area contributed by atoms with Gasteiger partial charge in [-0.3, -0.25) is 4.90 Å². The second-order valence-corrected chi connectivity index (χ2v) is 6.89. The maximum absolute atomic E-state index is 11.4. The molecule has 4 rings (SSSR count). The molecule has 2 aliphatic heterocycles. The van der Waals surface area contributed by atoms with Crippen molar-refractivity contribution < 1.29 is 13.9 Å². The van der Waals surface area contributed by atoms with E-state index in [-0.39, 0.29) is 11.7 Å². The van der Waals surface area contributed by atoms with Crippen molar-refractivity contribution in [3.05, 3.63) is 35.1 Å². The van der Waals surface area contributed by atoms with Gasteiger partial charge in [0.05, 0.1) is 13.1 Å². The summed E-state index contributed by atoms with van der Waals surface area (Å²) in [6, 6.07) is 6.30. The lowest BCUT2D eigenvalue weighted by Gasteiger charge is -2.37. The first kappa shape index (κ1) is 14.6. The van der Waals surface area contributed by atoms with Gasteiger partial charge in [-0.15, -0.1) is 0 Å². The third kappa shape index (κ3) is 2.59. The van der Waals surface area contributed by atoms with Crippen LogP contribution in [0.15, 0.2) is 22.6 Å². The molecule has 0 saturated carbocycles. The molecule has 1 amide bonds. The number of furan rings is 1. The molecule has 1 spiro atoms. The summed E-state index contributed by atoms with van der Waals surface area (Å²) in [4.78, 5) is 13.7. The summed E-state index contributed by atoms with van der Waals surface area (Å²) in [7, 11) is 0. The Kier molecular flexibility index (Phi) is 3.34. The Bertz CT molecular complexity index is 767. The van der Waals surface area contributed by atoms with Crippen molar-refractivity contribution in [2.24, 2.45) is 0 Å². The number of carbonyl (C=O) groups is 1. The summed E-state index contributed by atoms with van der Waals surface area (Å²) in [6.07, 6.45) is 1.68. The number of nitrogens with one attached hydrogen (secondary N) is 1. The predicted octanol–water partition coefficient (Wildman–Crippen LogP) is 3.12. The molecule has 1 N–H and O–H groups in total. The summed E-state index contributed by atoms with van der Waals surface area (Å²) in [5.41, 5.74) is 3.05. The number of rotatable bonds is 2. The first-order valence-corrected chi connectivity index (χ1v) is 8.23. The molecule has 2 aromatic rings. The summed E-state index contributed by atoms with van der Waals surface area (Å²) in [5, 5.41) is 3.99. The molecule has 2 aliphatic rings. The van der Waals surface area contributed by atoms with Gasteiger partial charge in [-0.25, -0.2) is 4.79 Å². The van der Waals surface area contributed by atoms with Crippen LogP contribution in [-0.2, 0) is 11.3 Å². The van der Waals surface area contributed by atoms with Gasteiger partial charge in [-0.2, -0.15) is 0 Å². The van der Waals surface area contributed by atoms with E-state index in [2.05, 4.69) is 36.2 Å². The fraction of sp³-hybridized carbons (Fsp3) is 0.500. The largest absolute Gasteiger partial charge is 0.459 e. The van der Waals surface area contributed by atoms with Crippen molar-refractivity contribution in [2.75, 3.05) is 19.6 Å². The third-order valence-electron chi connectivity index (χ3n) is 5.04. The van der Waals surface area contributed by atoms with Crippen LogP contribution in [0.25, 0.3) is 11.0 Å². The Morgan fingerprint density at radius 3 is 3.00 bits per heavy atom. The van der Waals surface area contributed by atoms with Crippen molar-refractivity contribution in [1.29, 1.82) is 0 Å². The highest BCUT2D eigenvalue weighted by Gasteiger charge is 2.43. The van der Waals surface area contributed by atoms with E-state index in [0.717, 1.165) is 43.8 Å². The zero-order chi connectivity index (χ0) is 16.0. The molecule has 0 bridgehead atoms. The molecule has 1 atom stereocenters. The molecular formula is C18H22N2O3. The standard InChI is InChI=1S/C18H22N2O3/c1-12-4-5-15-14(8-12)13(2)16(22-15)9-20-7-3-6-18(11-20)10-19-17(21)23-18/h4-5,8H,3,6-7,9-11H2,1-2H3,(H,19,21)/t18-/m1/s1. The van der Waals surface area contributed by atoms with Crippen LogP contribution >= 0.6 is 0 Å². The van der Waals surface area contributed by atoms with Crippen LogP contribution in [0.3, 0.4) is 0 Å². The van der Waals surface area contributed by atoms with E-state index in [4.69, 9.17) is 9.15 Å². The van der Waals surface area contributed by atoms with Gasteiger partial charge in [0, 0.05) is 11.9 Å². The molecule has 1 aromatic carbocycles. The maximum Gasteiger partial charge on any atom is 0.407 e. The number of aryl methyl sites for hydroxylation is 2. The van der Waals surface area contributed by atoms with E-state index in [1.54, 1.807) is 0 Å². The quantitative estimate of drug-likeness (QED) is 0.925. The highest BCUT2D eigenvalue weighted by atomic mass is 16.6. The topological polar surface area (TPSA) is 54.7 Å². The molecule has 3 heterocycles. The molecule has 2 saturated heterocycles. The number of benzene rings is 1. The molecule has 0 radical (unpaired) electrons. The van der Waals surface area contributed by atoms with Crippen LogP contribution < -0.4 is 5.32 Å². The number of alkyl carbamates (subject to hydrolysis) is 1. The zero-order valence-corrected chi connectivity index (χ0v) is 13.6. The minimum atomic E-state index is -0.355. The molecule has 23 heavy (non-hydrogen) atoms. The number of carbonyl (C=O) groups excluding carboxylic acids is 1. The van der Waals surface area contributed by atoms with Crippen molar-refractivity contribution in [2.45, 2.75) is 38.8 Å². The number of piperidine rings is 1. The fourth-order valence-corrected chi connectivity index (χ4v) is 3.79. The summed E-state index contributed by atoms with van der Waals surface area (Å²) >= 11 is 0. The molecule has 0 aliphatic carbocycles. The van der Waals surface area contributed by atoms with Gasteiger partial charge in [-0.05, 0) is 50.9 Å². The monoisotopic (exact) mass is 314 g/mol. The van der Waals surface area contributed by atoms with Gasteiger partial charge in [0.25, 0.3) is 0 Å². The summed E-state index contributed by atoms with van der Waals surface area (Å²) < 4.78 is 11.6. The third-order valence-corrected chi connectivity index (χ3v) is 5.04. The minimum Gasteiger partial charge on any atom is -0.459 e. The van der Waals surface area contributed by atoms with Crippen LogP contribution in [-0.4, -0.2) is 36.2 Å². The van der Waals surface area contributed by atoms with Gasteiger partial charge in [-0.1, -0.05) is 11.6 Å². The molecular weight excluding hydrogens is 292 g/mol. The highest BCUT2D eigenvalue weighted by Crippen LogP contribution is 2.31. The van der Waals surface area contributed by atoms with Crippen molar-refractivity contribution in [3.8, 4) is 0 Å². The van der Waals surface area contributed by atoms with Crippen LogP contribution in [0.1, 0.15) is 29.7 Å². The maximum atomic E-state index is 11.4. The van der Waals surface area contributed by atoms with Gasteiger partial charge in [0.2, 0.25) is 0 Å². The second-order valence-electron chi connectivity index (χ2n) is 6.89. The fourth-order valence-electron chi connectivity index (χ4n) is 3.79. The van der Waals surface area contributed by atoms with Crippen LogP contribution in [0.4, 0.5) is 4.79 Å². The van der Waals surface area contributed by atoms with E-state index < -0.39 is 0 Å². The molecule has 5 nitrogen and oxygen atoms in total. The number of hydrogen-bond acceptors (Lipinski definition) is 4. The van der Waals surface area contributed by atoms with Crippen molar-refractivity contribution >= 4 is 17.1 Å². The predicted molar refractivity (Wildman–Crippen MR) is 87.4 cm³/mol. The first-order valence-electron chi connectivity index (χ1n) is 8.23. The van der Waals surface area contributed by atoms with Gasteiger partial charge < -0.3 is 14.5 Å². The van der Waals surface area contributed by atoms with Crippen molar-refractivity contribution in [1.82, 2.24) is 10.2 Å². The Morgan fingerprint density at radius 1 is 1.35 bits per heavy atom. The SMILES string of the molecule is Cc1ccc2oc(CN3CCC[C@@]4(CNC(=O)O4)C3)c(C)c2c1. The lowest BCUT2D eigenvalue weighted by Crippen LogP contribution is -2.50. The van der Waals surface area contributed by atoms with Crippen LogP contribution in [0, 0.1) is 13.8 Å². The molecule has 1 aromatic heterocycles. The summed E-state index contributed by atoms with van der Waals surface area (Å²) in [5.74, 6) is 1.01. The highest BCUT2D eigenvalue weighted by molar-refractivity contribution is 5.82. The van der Waals surface area contributed by atoms with E-state index in [1.165, 1.54) is 16.5 Å². The normalized spacial score (nSPS) is 25.0. The van der Waals surface area contributed by atoms with E-state index in [1.807, 2.05) is 6.07 Å². The number of likely N-dealkylation sites (tertiary alicyclic amines) is 1. The molecule has 2 fully saturated rings. The van der Waals surface area contributed by atoms with E-state index >= 15 is 0 Å². The molecule has 0 unspecified atom stereocenters. The number of hydrogen-bond donors (Lipinski definition) is 1. The van der Waals surface area contributed by atoms with Crippen LogP contribution in [0.2, 0.25) is 0 Å². The number of amides is 1. The lowest BCUT2D eigenvalue weighted by molar-refractivity contribution is -0.0127. The Balaban J connectivity index is 1.56. The van der Waals surface area contributed by atoms with Crippen molar-refractivity contribution in [3.63, 3.8) is 0 Å². The number of nitrogens with zero attached hydrogens (tertiary/aromatic N) is 1. The Hall–Kier alpha value is -2.01. The second kappa shape index (κ2) is 5.27. The Labute approximate surface area is 135 Å². The van der Waals surface area contributed by atoms with E-state index in [9.17, 15) is 4.79 Å². The van der Waals surface area contributed by atoms with Crippen LogP contribution in [0.5, 0.6) is 0 Å². The average Bonchev–Trinajstić information content (AvgIpc) is 3.01. The summed E-state index contributed by atoms with van der Waals surface area (Å²) in [6.45, 7) is 7.37. The number of ether oxygens (including phenoxy) is 1. The molecule has 5 heteroatoms. The van der Waals surface area contributed by atoms with Gasteiger partial charge >= 0.3 is 6.09 Å². The van der Waals surface area contributed by atoms with E-state index in [0.29, 0.717) is 6.54 Å². The average molecular weight is 314 g/mol. The van der Waals surface area contributed by atoms with Gasteiger partial charge in [0.15, 0.2) is 0 Å². The number of fused-ring (bicyclic) bond motifs is 1. The minimum absolute atomic E-state index is 0.290. The lowest BCUT2D eigenvalue weighted by atomic mass is 9.93. The van der Waals surface area contributed by atoms with Gasteiger partial charge in [0.1, 0.15) is 16.9 Å². The first-order chi connectivity index (χ1) is 11.0. The smallest absolute Gasteiger partial charge is 0.407 e.